The van der Waals surface area contributed by atoms with Crippen LogP contribution in [0.25, 0.3) is 0 Å². The summed E-state index contributed by atoms with van der Waals surface area (Å²) in [6.45, 7) is 2.61. The predicted octanol–water partition coefficient (Wildman–Crippen LogP) is 2.23. The van der Waals surface area contributed by atoms with Crippen molar-refractivity contribution in [2.75, 3.05) is 6.54 Å². The summed E-state index contributed by atoms with van der Waals surface area (Å²) in [5.41, 5.74) is 3.11. The van der Waals surface area contributed by atoms with Crippen LogP contribution in [0.5, 0.6) is 0 Å². The van der Waals surface area contributed by atoms with Crippen LogP contribution in [0.1, 0.15) is 27.2 Å². The number of nitrogens with one attached hydrogen (secondary N) is 1. The molecule has 0 aliphatic rings. The lowest BCUT2D eigenvalue weighted by molar-refractivity contribution is 0.0954. The summed E-state index contributed by atoms with van der Waals surface area (Å²) < 4.78 is 0. The van der Waals surface area contributed by atoms with E-state index in [1.807, 2.05) is 31.2 Å². The van der Waals surface area contributed by atoms with Gasteiger partial charge in [0.1, 0.15) is 11.8 Å². The van der Waals surface area contributed by atoms with E-state index >= 15 is 0 Å². The SMILES string of the molecule is Cc1cccc(CCNC(=O)c2ccnc(C#N)c2)c1. The second-order valence-corrected chi connectivity index (χ2v) is 4.54. The number of hydrogen-bond acceptors (Lipinski definition) is 3. The van der Waals surface area contributed by atoms with Gasteiger partial charge >= 0.3 is 0 Å². The summed E-state index contributed by atoms with van der Waals surface area (Å²) >= 11 is 0. The van der Waals surface area contributed by atoms with Crippen LogP contribution in [0.2, 0.25) is 0 Å². The zero-order chi connectivity index (χ0) is 14.4. The van der Waals surface area contributed by atoms with Crippen LogP contribution in [-0.4, -0.2) is 17.4 Å². The van der Waals surface area contributed by atoms with Crippen molar-refractivity contribution in [2.45, 2.75) is 13.3 Å². The number of carbonyl (C=O) groups is 1. The lowest BCUT2D eigenvalue weighted by Crippen LogP contribution is -2.25. The Morgan fingerprint density at radius 3 is 2.95 bits per heavy atom. The smallest absolute Gasteiger partial charge is 0.251 e. The molecule has 20 heavy (non-hydrogen) atoms. The molecular weight excluding hydrogens is 250 g/mol. The largest absolute Gasteiger partial charge is 0.352 e. The van der Waals surface area contributed by atoms with E-state index in [2.05, 4.69) is 16.4 Å². The van der Waals surface area contributed by atoms with Crippen LogP contribution in [0.15, 0.2) is 42.6 Å². The fraction of sp³-hybridized carbons (Fsp3) is 0.188. The minimum absolute atomic E-state index is 0.184. The number of nitriles is 1. The molecule has 1 heterocycles. The van der Waals surface area contributed by atoms with E-state index in [1.165, 1.54) is 23.4 Å². The van der Waals surface area contributed by atoms with Crippen LogP contribution in [0, 0.1) is 18.3 Å². The van der Waals surface area contributed by atoms with Crippen LogP contribution in [-0.2, 0) is 6.42 Å². The summed E-state index contributed by atoms with van der Waals surface area (Å²) in [6, 6.07) is 13.2. The lowest BCUT2D eigenvalue weighted by Gasteiger charge is -2.06. The summed E-state index contributed by atoms with van der Waals surface area (Å²) in [7, 11) is 0. The fourth-order valence-corrected chi connectivity index (χ4v) is 1.92. The molecule has 2 aromatic rings. The molecule has 0 radical (unpaired) electrons. The first kappa shape index (κ1) is 13.8. The topological polar surface area (TPSA) is 65.8 Å². The molecule has 2 rings (SSSR count). The highest BCUT2D eigenvalue weighted by Crippen LogP contribution is 2.05. The first-order chi connectivity index (χ1) is 9.69. The van der Waals surface area contributed by atoms with E-state index in [-0.39, 0.29) is 11.6 Å². The Kier molecular flexibility index (Phi) is 4.46. The number of rotatable bonds is 4. The van der Waals surface area contributed by atoms with Gasteiger partial charge in [0.2, 0.25) is 0 Å². The van der Waals surface area contributed by atoms with Crippen molar-refractivity contribution < 1.29 is 4.79 Å². The van der Waals surface area contributed by atoms with Gasteiger partial charge in [-0.3, -0.25) is 4.79 Å². The molecule has 100 valence electrons. The molecule has 0 unspecified atom stereocenters. The summed E-state index contributed by atoms with van der Waals surface area (Å²) in [5.74, 6) is -0.184. The van der Waals surface area contributed by atoms with Crippen LogP contribution < -0.4 is 5.32 Å². The maximum atomic E-state index is 11.9. The predicted molar refractivity (Wildman–Crippen MR) is 76.2 cm³/mol. The van der Waals surface area contributed by atoms with E-state index in [1.54, 1.807) is 6.07 Å². The second-order valence-electron chi connectivity index (χ2n) is 4.54. The minimum atomic E-state index is -0.184. The number of benzene rings is 1. The Balaban J connectivity index is 1.91. The molecule has 1 aromatic carbocycles. The third-order valence-corrected chi connectivity index (χ3v) is 2.92. The Hall–Kier alpha value is -2.67. The standard InChI is InChI=1S/C16H15N3O/c1-12-3-2-4-13(9-12)5-7-19-16(20)14-6-8-18-15(10-14)11-17/h2-4,6,8-10H,5,7H2,1H3,(H,19,20). The monoisotopic (exact) mass is 265 g/mol. The summed E-state index contributed by atoms with van der Waals surface area (Å²) in [5, 5.41) is 11.6. The molecule has 1 aromatic heterocycles. The van der Waals surface area contributed by atoms with Crippen LogP contribution in [0.4, 0.5) is 0 Å². The molecule has 1 N–H and O–H groups in total. The first-order valence-corrected chi connectivity index (χ1v) is 6.39. The maximum absolute atomic E-state index is 11.9. The van der Waals surface area contributed by atoms with E-state index < -0.39 is 0 Å². The number of hydrogen-bond donors (Lipinski definition) is 1. The lowest BCUT2D eigenvalue weighted by atomic mass is 10.1. The van der Waals surface area contributed by atoms with Gasteiger partial charge in [-0.2, -0.15) is 5.26 Å². The van der Waals surface area contributed by atoms with Crippen molar-refractivity contribution >= 4 is 5.91 Å². The van der Waals surface area contributed by atoms with Crippen molar-refractivity contribution in [1.82, 2.24) is 10.3 Å². The first-order valence-electron chi connectivity index (χ1n) is 6.39. The quantitative estimate of drug-likeness (QED) is 0.922. The maximum Gasteiger partial charge on any atom is 0.251 e. The molecule has 0 spiro atoms. The van der Waals surface area contributed by atoms with Crippen molar-refractivity contribution in [2.24, 2.45) is 0 Å². The van der Waals surface area contributed by atoms with Gasteiger partial charge in [-0.05, 0) is 31.0 Å². The molecule has 0 aliphatic heterocycles. The minimum Gasteiger partial charge on any atom is -0.352 e. The van der Waals surface area contributed by atoms with Gasteiger partial charge in [-0.15, -0.1) is 0 Å². The molecule has 0 atom stereocenters. The number of nitrogens with zero attached hydrogens (tertiary/aromatic N) is 2. The van der Waals surface area contributed by atoms with Crippen molar-refractivity contribution in [1.29, 1.82) is 5.26 Å². The van der Waals surface area contributed by atoms with Gasteiger partial charge in [0.05, 0.1) is 0 Å². The highest BCUT2D eigenvalue weighted by molar-refractivity contribution is 5.94. The van der Waals surface area contributed by atoms with Crippen molar-refractivity contribution in [3.8, 4) is 6.07 Å². The molecule has 0 fully saturated rings. The van der Waals surface area contributed by atoms with Crippen LogP contribution >= 0.6 is 0 Å². The van der Waals surface area contributed by atoms with Gasteiger partial charge in [-0.25, -0.2) is 4.98 Å². The molecule has 0 aliphatic carbocycles. The van der Waals surface area contributed by atoms with Gasteiger partial charge in [0, 0.05) is 18.3 Å². The number of aromatic nitrogens is 1. The third kappa shape index (κ3) is 3.66. The van der Waals surface area contributed by atoms with Gasteiger partial charge in [0.25, 0.3) is 5.91 Å². The normalized spacial score (nSPS) is 9.80. The molecule has 4 heteroatoms. The Morgan fingerprint density at radius 2 is 2.20 bits per heavy atom. The zero-order valence-electron chi connectivity index (χ0n) is 11.3. The number of pyridine rings is 1. The highest BCUT2D eigenvalue weighted by Gasteiger charge is 2.06. The van der Waals surface area contributed by atoms with Gasteiger partial charge in [0.15, 0.2) is 0 Å². The molecule has 4 nitrogen and oxygen atoms in total. The average Bonchev–Trinajstić information content (AvgIpc) is 2.47. The second kappa shape index (κ2) is 6.48. The van der Waals surface area contributed by atoms with E-state index in [4.69, 9.17) is 5.26 Å². The van der Waals surface area contributed by atoms with E-state index in [0.717, 1.165) is 6.42 Å². The Morgan fingerprint density at radius 1 is 1.35 bits per heavy atom. The fourth-order valence-electron chi connectivity index (χ4n) is 1.92. The molecule has 0 saturated heterocycles. The third-order valence-electron chi connectivity index (χ3n) is 2.92. The summed E-state index contributed by atoms with van der Waals surface area (Å²) in [4.78, 5) is 15.8. The number of carbonyl (C=O) groups excluding carboxylic acids is 1. The summed E-state index contributed by atoms with van der Waals surface area (Å²) in [6.07, 6.45) is 2.25. The average molecular weight is 265 g/mol. The van der Waals surface area contributed by atoms with E-state index in [9.17, 15) is 4.79 Å². The zero-order valence-corrected chi connectivity index (χ0v) is 11.3. The van der Waals surface area contributed by atoms with Gasteiger partial charge in [-0.1, -0.05) is 29.8 Å². The highest BCUT2D eigenvalue weighted by atomic mass is 16.1. The molecular formula is C16H15N3O. The van der Waals surface area contributed by atoms with Crippen molar-refractivity contribution in [3.05, 3.63) is 65.0 Å². The van der Waals surface area contributed by atoms with Crippen LogP contribution in [0.3, 0.4) is 0 Å². The van der Waals surface area contributed by atoms with E-state index in [0.29, 0.717) is 12.1 Å². The molecule has 0 saturated carbocycles. The Labute approximate surface area is 118 Å². The van der Waals surface area contributed by atoms with Crippen molar-refractivity contribution in [3.63, 3.8) is 0 Å². The number of amides is 1. The van der Waals surface area contributed by atoms with Gasteiger partial charge < -0.3 is 5.32 Å². The number of aryl methyl sites for hydroxylation is 1. The molecule has 1 amide bonds. The molecule has 0 bridgehead atoms. The Bertz CT molecular complexity index is 659.